The van der Waals surface area contributed by atoms with Crippen molar-refractivity contribution in [2.75, 3.05) is 13.2 Å². The number of hydrogen-bond donors (Lipinski definition) is 4. The molecule has 0 aromatic heterocycles. The molecule has 0 saturated carbocycles. The zero-order valence-electron chi connectivity index (χ0n) is 11.4. The Balaban J connectivity index is 1.76. The molecule has 1 heterocycles. The number of hydrogen-bond acceptors (Lipinski definition) is 4. The van der Waals surface area contributed by atoms with Crippen LogP contribution < -0.4 is 15.4 Å². The fraction of sp³-hybridized carbons (Fsp3) is 0.429. The number of benzene rings is 1. The van der Waals surface area contributed by atoms with Crippen LogP contribution in [0.3, 0.4) is 0 Å². The number of fused-ring (bicyclic) bond motifs is 1. The van der Waals surface area contributed by atoms with Crippen LogP contribution in [-0.2, 0) is 11.2 Å². The van der Waals surface area contributed by atoms with Crippen LogP contribution in [0.15, 0.2) is 24.3 Å². The van der Waals surface area contributed by atoms with Gasteiger partial charge in [-0.25, -0.2) is 9.59 Å². The smallest absolute Gasteiger partial charge is 0.326 e. The number of urea groups is 1. The van der Waals surface area contributed by atoms with E-state index in [0.717, 1.165) is 11.3 Å². The van der Waals surface area contributed by atoms with Crippen molar-refractivity contribution < 1.29 is 24.5 Å². The highest BCUT2D eigenvalue weighted by molar-refractivity contribution is 5.82. The highest BCUT2D eigenvalue weighted by Gasteiger charge is 2.24. The third kappa shape index (κ3) is 4.09. The first-order valence-corrected chi connectivity index (χ1v) is 6.72. The Bertz CT molecular complexity index is 495. The van der Waals surface area contributed by atoms with E-state index in [1.165, 1.54) is 0 Å². The molecule has 7 heteroatoms. The number of carbonyl (C=O) groups excluding carboxylic acids is 1. The van der Waals surface area contributed by atoms with E-state index >= 15 is 0 Å². The summed E-state index contributed by atoms with van der Waals surface area (Å²) in [6.07, 6.45) is 0.512. The minimum Gasteiger partial charge on any atom is -0.488 e. The lowest BCUT2D eigenvalue weighted by Crippen LogP contribution is -2.48. The molecule has 0 fully saturated rings. The standard InChI is InChI=1S/C14H18N2O5/c17-6-5-11(13(18)19)16-14(20)15-8-10-7-9-3-1-2-4-12(9)21-10/h1-4,10-11,17H,5-8H2,(H,18,19)(H2,15,16,20)/t10?,11-/m0/s1. The largest absolute Gasteiger partial charge is 0.488 e. The number of nitrogens with one attached hydrogen (secondary N) is 2. The van der Waals surface area contributed by atoms with E-state index in [1.54, 1.807) is 0 Å². The molecule has 1 aromatic carbocycles. The Kier molecular flexibility index (Phi) is 4.99. The van der Waals surface area contributed by atoms with Crippen molar-refractivity contribution in [3.8, 4) is 5.75 Å². The number of ether oxygens (including phenoxy) is 1. The van der Waals surface area contributed by atoms with Crippen LogP contribution in [0.1, 0.15) is 12.0 Å². The summed E-state index contributed by atoms with van der Waals surface area (Å²) in [6.45, 7) is -0.0235. The van der Waals surface area contributed by atoms with Gasteiger partial charge in [-0.05, 0) is 11.6 Å². The van der Waals surface area contributed by atoms with Gasteiger partial charge in [0.05, 0.1) is 6.54 Å². The zero-order chi connectivity index (χ0) is 15.2. The lowest BCUT2D eigenvalue weighted by Gasteiger charge is -2.16. The van der Waals surface area contributed by atoms with E-state index in [0.29, 0.717) is 6.42 Å². The number of carboxylic acids is 1. The molecule has 1 unspecified atom stereocenters. The number of aliphatic hydroxyl groups is 1. The summed E-state index contributed by atoms with van der Waals surface area (Å²) in [4.78, 5) is 22.5. The highest BCUT2D eigenvalue weighted by atomic mass is 16.5. The summed E-state index contributed by atoms with van der Waals surface area (Å²) in [7, 11) is 0. The first kappa shape index (κ1) is 15.1. The van der Waals surface area contributed by atoms with E-state index in [1.807, 2.05) is 24.3 Å². The van der Waals surface area contributed by atoms with Gasteiger partial charge in [0.25, 0.3) is 0 Å². The molecule has 0 spiro atoms. The predicted octanol–water partition coefficient (Wildman–Crippen LogP) is 0.125. The second-order valence-electron chi connectivity index (χ2n) is 4.81. The zero-order valence-corrected chi connectivity index (χ0v) is 11.4. The Labute approximate surface area is 121 Å². The van der Waals surface area contributed by atoms with Gasteiger partial charge in [-0.15, -0.1) is 0 Å². The topological polar surface area (TPSA) is 108 Å². The van der Waals surface area contributed by atoms with Gasteiger partial charge in [0.15, 0.2) is 0 Å². The first-order chi connectivity index (χ1) is 10.1. The van der Waals surface area contributed by atoms with E-state index in [4.69, 9.17) is 14.9 Å². The SMILES string of the molecule is O=C(NCC1Cc2ccccc2O1)N[C@@H](CCO)C(=O)O. The number of aliphatic carboxylic acids is 1. The molecule has 21 heavy (non-hydrogen) atoms. The maximum absolute atomic E-state index is 11.6. The maximum atomic E-state index is 11.6. The number of carboxylic acid groups (broad SMARTS) is 1. The fourth-order valence-electron chi connectivity index (χ4n) is 2.17. The molecule has 7 nitrogen and oxygen atoms in total. The minimum absolute atomic E-state index is 0.0336. The predicted molar refractivity (Wildman–Crippen MR) is 74.2 cm³/mol. The third-order valence-corrected chi connectivity index (χ3v) is 3.23. The van der Waals surface area contributed by atoms with E-state index < -0.39 is 18.0 Å². The fourth-order valence-corrected chi connectivity index (χ4v) is 2.17. The molecule has 2 amide bonds. The van der Waals surface area contributed by atoms with E-state index in [9.17, 15) is 9.59 Å². The Hall–Kier alpha value is -2.28. The highest BCUT2D eigenvalue weighted by Crippen LogP contribution is 2.27. The summed E-state index contributed by atoms with van der Waals surface area (Å²) in [5.74, 6) is -0.364. The molecule has 0 bridgehead atoms. The minimum atomic E-state index is -1.18. The number of para-hydroxylation sites is 1. The average Bonchev–Trinajstić information content (AvgIpc) is 2.87. The Morgan fingerprint density at radius 2 is 2.14 bits per heavy atom. The van der Waals surface area contributed by atoms with Gasteiger partial charge in [-0.1, -0.05) is 18.2 Å². The molecule has 1 aromatic rings. The van der Waals surface area contributed by atoms with Crippen LogP contribution in [0, 0.1) is 0 Å². The van der Waals surface area contributed by atoms with Crippen LogP contribution in [-0.4, -0.2) is 47.5 Å². The number of carbonyl (C=O) groups is 2. The number of aliphatic hydroxyl groups excluding tert-OH is 1. The van der Waals surface area contributed by atoms with Gasteiger partial charge in [0.2, 0.25) is 0 Å². The van der Waals surface area contributed by atoms with Crippen molar-refractivity contribution in [2.24, 2.45) is 0 Å². The molecule has 2 atom stereocenters. The quantitative estimate of drug-likeness (QED) is 0.596. The van der Waals surface area contributed by atoms with Gasteiger partial charge >= 0.3 is 12.0 Å². The number of amides is 2. The van der Waals surface area contributed by atoms with Gasteiger partial charge < -0.3 is 25.6 Å². The van der Waals surface area contributed by atoms with Crippen LogP contribution in [0.4, 0.5) is 4.79 Å². The van der Waals surface area contributed by atoms with Crippen molar-refractivity contribution in [3.63, 3.8) is 0 Å². The summed E-state index contributed by atoms with van der Waals surface area (Å²) in [5.41, 5.74) is 1.09. The van der Waals surface area contributed by atoms with Crippen molar-refractivity contribution in [1.82, 2.24) is 10.6 Å². The van der Waals surface area contributed by atoms with E-state index in [-0.39, 0.29) is 25.7 Å². The molecule has 0 saturated heterocycles. The molecule has 4 N–H and O–H groups in total. The summed E-state index contributed by atoms with van der Waals surface area (Å²) >= 11 is 0. The molecular formula is C14H18N2O5. The summed E-state index contributed by atoms with van der Waals surface area (Å²) < 4.78 is 5.66. The average molecular weight is 294 g/mol. The van der Waals surface area contributed by atoms with Crippen molar-refractivity contribution in [2.45, 2.75) is 25.0 Å². The molecule has 0 radical (unpaired) electrons. The van der Waals surface area contributed by atoms with Crippen molar-refractivity contribution in [1.29, 1.82) is 0 Å². The van der Waals surface area contributed by atoms with Crippen molar-refractivity contribution >= 4 is 12.0 Å². The summed E-state index contributed by atoms with van der Waals surface area (Å²) in [6, 6.07) is 5.96. The number of rotatable bonds is 6. The van der Waals surface area contributed by atoms with Gasteiger partial charge in [0.1, 0.15) is 17.9 Å². The van der Waals surface area contributed by atoms with Gasteiger partial charge in [-0.2, -0.15) is 0 Å². The molecule has 1 aliphatic rings. The molecule has 0 aliphatic carbocycles. The molecule has 1 aliphatic heterocycles. The lowest BCUT2D eigenvalue weighted by atomic mass is 10.1. The first-order valence-electron chi connectivity index (χ1n) is 6.72. The second kappa shape index (κ2) is 6.94. The summed E-state index contributed by atoms with van der Waals surface area (Å²) in [5, 5.41) is 22.5. The maximum Gasteiger partial charge on any atom is 0.326 e. The van der Waals surface area contributed by atoms with Crippen LogP contribution in [0.5, 0.6) is 5.75 Å². The van der Waals surface area contributed by atoms with Crippen LogP contribution >= 0.6 is 0 Å². The van der Waals surface area contributed by atoms with E-state index in [2.05, 4.69) is 10.6 Å². The van der Waals surface area contributed by atoms with Crippen LogP contribution in [0.2, 0.25) is 0 Å². The molecule has 2 rings (SSSR count). The van der Waals surface area contributed by atoms with Crippen LogP contribution in [0.25, 0.3) is 0 Å². The normalized spacial score (nSPS) is 17.5. The van der Waals surface area contributed by atoms with Crippen molar-refractivity contribution in [3.05, 3.63) is 29.8 Å². The van der Waals surface area contributed by atoms with Gasteiger partial charge in [-0.3, -0.25) is 0 Å². The monoisotopic (exact) mass is 294 g/mol. The third-order valence-electron chi connectivity index (χ3n) is 3.23. The molecular weight excluding hydrogens is 276 g/mol. The van der Waals surface area contributed by atoms with Gasteiger partial charge in [0, 0.05) is 19.4 Å². The lowest BCUT2D eigenvalue weighted by molar-refractivity contribution is -0.139. The molecule has 114 valence electrons. The Morgan fingerprint density at radius 3 is 2.81 bits per heavy atom. The second-order valence-corrected chi connectivity index (χ2v) is 4.81. The Morgan fingerprint density at radius 1 is 1.38 bits per heavy atom.